The fourth-order valence-corrected chi connectivity index (χ4v) is 4.19. The van der Waals surface area contributed by atoms with Gasteiger partial charge >= 0.3 is 6.09 Å². The van der Waals surface area contributed by atoms with Gasteiger partial charge in [0.05, 0.1) is 26.8 Å². The number of halogens is 1. The SMILES string of the molecule is COc1cc(C(=O)NC(CNC(=O)OC(C)(C)C)c2cccc(OC)c2)cc(-c2ccc3c(c2)C(F)=NC3)c1. The number of amides is 2. The highest BCUT2D eigenvalue weighted by atomic mass is 19.1. The normalized spacial score (nSPS) is 13.1. The molecule has 8 nitrogen and oxygen atoms in total. The molecule has 0 radical (unpaired) electrons. The molecule has 1 atom stereocenters. The topological polar surface area (TPSA) is 98.3 Å². The molecule has 0 saturated carbocycles. The van der Waals surface area contributed by atoms with Crippen LogP contribution >= 0.6 is 0 Å². The first-order valence-corrected chi connectivity index (χ1v) is 12.5. The van der Waals surface area contributed by atoms with Crippen LogP contribution in [0.3, 0.4) is 0 Å². The quantitative estimate of drug-likeness (QED) is 0.393. The van der Waals surface area contributed by atoms with Gasteiger partial charge in [0.15, 0.2) is 0 Å². The van der Waals surface area contributed by atoms with Crippen molar-refractivity contribution < 1.29 is 28.2 Å². The van der Waals surface area contributed by atoms with Crippen LogP contribution in [0, 0.1) is 0 Å². The molecule has 1 aliphatic heterocycles. The summed E-state index contributed by atoms with van der Waals surface area (Å²) in [5.41, 5.74) is 3.08. The van der Waals surface area contributed by atoms with Crippen molar-refractivity contribution >= 4 is 18.0 Å². The number of hydrogen-bond acceptors (Lipinski definition) is 6. The molecule has 3 aromatic carbocycles. The summed E-state index contributed by atoms with van der Waals surface area (Å²) in [6.45, 7) is 5.72. The molecule has 0 bridgehead atoms. The molecule has 0 spiro atoms. The number of rotatable bonds is 8. The van der Waals surface area contributed by atoms with Gasteiger partial charge in [0.1, 0.15) is 17.1 Å². The molecule has 0 aliphatic carbocycles. The molecular formula is C30H32FN3O5. The van der Waals surface area contributed by atoms with E-state index in [2.05, 4.69) is 15.6 Å². The van der Waals surface area contributed by atoms with Gasteiger partial charge < -0.3 is 24.8 Å². The molecule has 1 heterocycles. The number of ether oxygens (including phenoxy) is 3. The fraction of sp³-hybridized carbons (Fsp3) is 0.300. The maximum absolute atomic E-state index is 14.2. The van der Waals surface area contributed by atoms with Crippen molar-refractivity contribution in [3.63, 3.8) is 0 Å². The lowest BCUT2D eigenvalue weighted by atomic mass is 9.98. The Morgan fingerprint density at radius 3 is 2.46 bits per heavy atom. The third-order valence-corrected chi connectivity index (χ3v) is 6.11. The number of methoxy groups -OCH3 is 2. The van der Waals surface area contributed by atoms with Crippen molar-refractivity contribution in [1.82, 2.24) is 10.6 Å². The number of alkyl carbamates (subject to hydrolysis) is 1. The van der Waals surface area contributed by atoms with Crippen LogP contribution < -0.4 is 20.1 Å². The van der Waals surface area contributed by atoms with Crippen LogP contribution in [-0.4, -0.2) is 44.3 Å². The Labute approximate surface area is 227 Å². The van der Waals surface area contributed by atoms with E-state index in [0.717, 1.165) is 16.7 Å². The summed E-state index contributed by atoms with van der Waals surface area (Å²) >= 11 is 0. The minimum absolute atomic E-state index is 0.0775. The number of nitrogens with zero attached hydrogens (tertiary/aromatic N) is 1. The first-order chi connectivity index (χ1) is 18.6. The van der Waals surface area contributed by atoms with Crippen LogP contribution in [0.5, 0.6) is 11.5 Å². The highest BCUT2D eigenvalue weighted by Crippen LogP contribution is 2.31. The fourth-order valence-electron chi connectivity index (χ4n) is 4.19. The summed E-state index contributed by atoms with van der Waals surface area (Å²) < 4.78 is 30.3. The second kappa shape index (κ2) is 11.6. The van der Waals surface area contributed by atoms with Crippen LogP contribution in [-0.2, 0) is 11.3 Å². The molecule has 0 saturated heterocycles. The number of fused-ring (bicyclic) bond motifs is 1. The van der Waals surface area contributed by atoms with E-state index in [9.17, 15) is 14.0 Å². The van der Waals surface area contributed by atoms with Gasteiger partial charge in [0, 0.05) is 17.7 Å². The Morgan fingerprint density at radius 1 is 0.974 bits per heavy atom. The lowest BCUT2D eigenvalue weighted by Crippen LogP contribution is -2.40. The minimum atomic E-state index is -0.665. The number of nitrogens with one attached hydrogen (secondary N) is 2. The lowest BCUT2D eigenvalue weighted by Gasteiger charge is -2.23. The molecule has 1 aliphatic rings. The Balaban J connectivity index is 1.61. The van der Waals surface area contributed by atoms with Crippen LogP contribution in [0.25, 0.3) is 11.1 Å². The van der Waals surface area contributed by atoms with Crippen LogP contribution in [0.15, 0.2) is 65.7 Å². The molecular weight excluding hydrogens is 501 g/mol. The standard InChI is InChI=1S/C30H32FN3O5/c1-30(2,3)39-29(36)33-17-26(19-7-6-8-23(12-19)37-4)34-28(35)22-11-21(13-24(14-22)38-5)18-9-10-20-16-32-27(31)25(20)15-18/h6-15,26H,16-17H2,1-5H3,(H,33,36)(H,34,35). The Kier molecular flexibility index (Phi) is 8.18. The zero-order valence-corrected chi connectivity index (χ0v) is 22.6. The predicted octanol–water partition coefficient (Wildman–Crippen LogP) is 5.60. The van der Waals surface area contributed by atoms with Gasteiger partial charge in [-0.15, -0.1) is 0 Å². The maximum atomic E-state index is 14.2. The van der Waals surface area contributed by atoms with Crippen molar-refractivity contribution in [2.75, 3.05) is 20.8 Å². The van der Waals surface area contributed by atoms with Crippen LogP contribution in [0.1, 0.15) is 53.9 Å². The lowest BCUT2D eigenvalue weighted by molar-refractivity contribution is 0.0520. The summed E-state index contributed by atoms with van der Waals surface area (Å²) in [4.78, 5) is 29.7. The van der Waals surface area contributed by atoms with Crippen molar-refractivity contribution in [2.24, 2.45) is 4.99 Å². The van der Waals surface area contributed by atoms with Crippen molar-refractivity contribution in [2.45, 2.75) is 39.0 Å². The molecule has 2 amide bonds. The number of benzene rings is 3. The predicted molar refractivity (Wildman–Crippen MR) is 147 cm³/mol. The summed E-state index contributed by atoms with van der Waals surface area (Å²) in [5.74, 6) is 0.200. The monoisotopic (exact) mass is 533 g/mol. The zero-order chi connectivity index (χ0) is 28.2. The largest absolute Gasteiger partial charge is 0.497 e. The Bertz CT molecular complexity index is 1410. The molecule has 2 N–H and O–H groups in total. The molecule has 3 aromatic rings. The van der Waals surface area contributed by atoms with Gasteiger partial charge in [0.25, 0.3) is 5.91 Å². The van der Waals surface area contributed by atoms with E-state index < -0.39 is 23.7 Å². The van der Waals surface area contributed by atoms with Crippen LogP contribution in [0.2, 0.25) is 0 Å². The number of aliphatic imine (C=N–C) groups is 1. The zero-order valence-electron chi connectivity index (χ0n) is 22.6. The summed E-state index contributed by atoms with van der Waals surface area (Å²) in [5, 5.41) is 5.73. The van der Waals surface area contributed by atoms with Gasteiger partial charge in [-0.2, -0.15) is 4.39 Å². The van der Waals surface area contributed by atoms with E-state index >= 15 is 0 Å². The van der Waals surface area contributed by atoms with Crippen LogP contribution in [0.4, 0.5) is 9.18 Å². The molecule has 39 heavy (non-hydrogen) atoms. The summed E-state index contributed by atoms with van der Waals surface area (Å²) in [7, 11) is 3.07. The number of carbonyl (C=O) groups excluding carboxylic acids is 2. The number of carbonyl (C=O) groups is 2. The second-order valence-electron chi connectivity index (χ2n) is 10.1. The van der Waals surface area contributed by atoms with E-state index in [4.69, 9.17) is 14.2 Å². The van der Waals surface area contributed by atoms with E-state index in [1.807, 2.05) is 18.2 Å². The summed E-state index contributed by atoms with van der Waals surface area (Å²) in [6.07, 6.45) is -0.597. The van der Waals surface area contributed by atoms with Crippen molar-refractivity contribution in [3.8, 4) is 22.6 Å². The molecule has 9 heteroatoms. The molecule has 0 fully saturated rings. The van der Waals surface area contributed by atoms with Crippen molar-refractivity contribution in [1.29, 1.82) is 0 Å². The summed E-state index contributed by atoms with van der Waals surface area (Å²) in [6, 6.07) is 17.2. The van der Waals surface area contributed by atoms with E-state index in [0.29, 0.717) is 34.7 Å². The number of hydrogen-bond donors (Lipinski definition) is 2. The van der Waals surface area contributed by atoms with Gasteiger partial charge in [0.2, 0.25) is 5.97 Å². The molecule has 1 unspecified atom stereocenters. The first kappa shape index (κ1) is 27.6. The second-order valence-corrected chi connectivity index (χ2v) is 10.1. The van der Waals surface area contributed by atoms with E-state index in [1.165, 1.54) is 7.11 Å². The maximum Gasteiger partial charge on any atom is 0.407 e. The van der Waals surface area contributed by atoms with Gasteiger partial charge in [-0.05, 0) is 79.4 Å². The third kappa shape index (κ3) is 6.93. The average Bonchev–Trinajstić information content (AvgIpc) is 3.29. The Hall–Kier alpha value is -4.40. The van der Waals surface area contributed by atoms with E-state index in [1.54, 1.807) is 70.3 Å². The molecule has 0 aromatic heterocycles. The highest BCUT2D eigenvalue weighted by molar-refractivity contribution is 5.99. The third-order valence-electron chi connectivity index (χ3n) is 6.11. The van der Waals surface area contributed by atoms with Gasteiger partial charge in [-0.1, -0.05) is 24.3 Å². The van der Waals surface area contributed by atoms with Gasteiger partial charge in [-0.3, -0.25) is 9.79 Å². The first-order valence-electron chi connectivity index (χ1n) is 12.5. The van der Waals surface area contributed by atoms with Crippen molar-refractivity contribution in [3.05, 3.63) is 82.9 Å². The Morgan fingerprint density at radius 2 is 1.74 bits per heavy atom. The molecule has 204 valence electrons. The smallest absolute Gasteiger partial charge is 0.407 e. The minimum Gasteiger partial charge on any atom is -0.497 e. The van der Waals surface area contributed by atoms with Gasteiger partial charge in [-0.25, -0.2) is 4.79 Å². The molecule has 4 rings (SSSR count). The highest BCUT2D eigenvalue weighted by Gasteiger charge is 2.22. The van der Waals surface area contributed by atoms with E-state index in [-0.39, 0.29) is 12.5 Å². The average molecular weight is 534 g/mol.